The van der Waals surface area contributed by atoms with E-state index in [1.807, 2.05) is 38.1 Å². The van der Waals surface area contributed by atoms with Crippen LogP contribution in [-0.2, 0) is 14.9 Å². The third-order valence-corrected chi connectivity index (χ3v) is 4.14. The zero-order valence-electron chi connectivity index (χ0n) is 11.8. The lowest BCUT2D eigenvalue weighted by molar-refractivity contribution is -0.125. The molecule has 3 heteroatoms. The Morgan fingerprint density at radius 1 is 1.26 bits per heavy atom. The highest BCUT2D eigenvalue weighted by atomic mass is 16.5. The molecule has 1 aromatic carbocycles. The molecule has 1 heterocycles. The first-order valence-corrected chi connectivity index (χ1v) is 6.97. The average molecular weight is 261 g/mol. The maximum absolute atomic E-state index is 12.5. The fourth-order valence-electron chi connectivity index (χ4n) is 2.53. The molecule has 0 amide bonds. The van der Waals surface area contributed by atoms with Gasteiger partial charge in [0.1, 0.15) is 5.78 Å². The van der Waals surface area contributed by atoms with Gasteiger partial charge in [-0.25, -0.2) is 0 Å². The summed E-state index contributed by atoms with van der Waals surface area (Å²) in [5.74, 6) is 0.790. The lowest BCUT2D eigenvalue weighted by atomic mass is 9.76. The van der Waals surface area contributed by atoms with Gasteiger partial charge >= 0.3 is 0 Å². The lowest BCUT2D eigenvalue weighted by Gasteiger charge is -2.28. The average Bonchev–Trinajstić information content (AvgIpc) is 2.40. The molecule has 1 aliphatic heterocycles. The molecule has 3 nitrogen and oxygen atoms in total. The monoisotopic (exact) mass is 261 g/mol. The second-order valence-corrected chi connectivity index (χ2v) is 5.93. The van der Waals surface area contributed by atoms with Crippen LogP contribution < -0.4 is 5.73 Å². The van der Waals surface area contributed by atoms with Crippen molar-refractivity contribution in [3.05, 3.63) is 29.8 Å². The molecular weight excluding hydrogens is 238 g/mol. The molecule has 0 atom stereocenters. The van der Waals surface area contributed by atoms with Gasteiger partial charge in [0, 0.05) is 30.7 Å². The third kappa shape index (κ3) is 3.35. The molecule has 0 radical (unpaired) electrons. The molecule has 0 aliphatic carbocycles. The summed E-state index contributed by atoms with van der Waals surface area (Å²) >= 11 is 0. The Kier molecular flexibility index (Phi) is 4.25. The highest BCUT2D eigenvalue weighted by Crippen LogP contribution is 2.30. The van der Waals surface area contributed by atoms with Crippen LogP contribution in [0.1, 0.15) is 38.7 Å². The van der Waals surface area contributed by atoms with E-state index in [4.69, 9.17) is 10.5 Å². The Balaban J connectivity index is 2.05. The topological polar surface area (TPSA) is 52.3 Å². The van der Waals surface area contributed by atoms with Gasteiger partial charge in [-0.3, -0.25) is 4.79 Å². The summed E-state index contributed by atoms with van der Waals surface area (Å²) < 4.78 is 5.34. The van der Waals surface area contributed by atoms with Gasteiger partial charge in [-0.1, -0.05) is 12.1 Å². The number of rotatable bonds is 4. The lowest BCUT2D eigenvalue weighted by Crippen LogP contribution is -2.32. The van der Waals surface area contributed by atoms with E-state index in [1.165, 1.54) is 0 Å². The van der Waals surface area contributed by atoms with Crippen molar-refractivity contribution in [1.29, 1.82) is 0 Å². The van der Waals surface area contributed by atoms with Crippen LogP contribution in [0.15, 0.2) is 24.3 Å². The van der Waals surface area contributed by atoms with Crippen LogP contribution in [0.3, 0.4) is 0 Å². The molecule has 0 unspecified atom stereocenters. The molecule has 2 rings (SSSR count). The molecule has 1 aromatic rings. The number of hydrogen-bond donors (Lipinski definition) is 1. The fraction of sp³-hybridized carbons (Fsp3) is 0.562. The number of carbonyl (C=O) groups is 1. The molecule has 2 N–H and O–H groups in total. The third-order valence-electron chi connectivity index (χ3n) is 4.14. The summed E-state index contributed by atoms with van der Waals surface area (Å²) in [6, 6.07) is 7.63. The minimum absolute atomic E-state index is 0.309. The SMILES string of the molecule is CC(C)(C(=O)CC1CCOCC1)c1ccc(N)cc1. The van der Waals surface area contributed by atoms with Gasteiger partial charge in [0.25, 0.3) is 0 Å². The molecular formula is C16H23NO2. The second-order valence-electron chi connectivity index (χ2n) is 5.93. The predicted octanol–water partition coefficient (Wildman–Crippen LogP) is 2.93. The van der Waals surface area contributed by atoms with Crippen molar-refractivity contribution in [2.45, 2.75) is 38.5 Å². The number of nitrogen functional groups attached to an aromatic ring is 1. The van der Waals surface area contributed by atoms with E-state index in [0.29, 0.717) is 18.1 Å². The van der Waals surface area contributed by atoms with Crippen molar-refractivity contribution in [2.75, 3.05) is 18.9 Å². The summed E-state index contributed by atoms with van der Waals surface area (Å²) in [6.45, 7) is 5.58. The smallest absolute Gasteiger partial charge is 0.143 e. The Labute approximate surface area is 115 Å². The molecule has 1 aliphatic rings. The van der Waals surface area contributed by atoms with Crippen molar-refractivity contribution >= 4 is 11.5 Å². The van der Waals surface area contributed by atoms with Gasteiger partial charge in [-0.05, 0) is 50.3 Å². The Bertz CT molecular complexity index is 431. The number of ketones is 1. The number of Topliss-reactive ketones (excluding diaryl/α,β-unsaturated/α-hetero) is 1. The second kappa shape index (κ2) is 5.74. The van der Waals surface area contributed by atoms with Gasteiger partial charge in [0.05, 0.1) is 0 Å². The van der Waals surface area contributed by atoms with Gasteiger partial charge in [0.2, 0.25) is 0 Å². The standard InChI is InChI=1S/C16H23NO2/c1-16(2,13-3-5-14(17)6-4-13)15(18)11-12-7-9-19-10-8-12/h3-6,12H,7-11,17H2,1-2H3. The van der Waals surface area contributed by atoms with Gasteiger partial charge in [-0.2, -0.15) is 0 Å². The normalized spacial score (nSPS) is 17.4. The summed E-state index contributed by atoms with van der Waals surface area (Å²) in [6.07, 6.45) is 2.66. The van der Waals surface area contributed by atoms with E-state index in [0.717, 1.165) is 37.3 Å². The first-order chi connectivity index (χ1) is 9.00. The number of carbonyl (C=O) groups excluding carboxylic acids is 1. The van der Waals surface area contributed by atoms with Crippen LogP contribution in [0.25, 0.3) is 0 Å². The predicted molar refractivity (Wildman–Crippen MR) is 77.0 cm³/mol. The molecule has 0 saturated carbocycles. The molecule has 0 aromatic heterocycles. The van der Waals surface area contributed by atoms with Gasteiger partial charge < -0.3 is 10.5 Å². The van der Waals surface area contributed by atoms with Crippen molar-refractivity contribution in [3.8, 4) is 0 Å². The highest BCUT2D eigenvalue weighted by molar-refractivity contribution is 5.89. The van der Waals surface area contributed by atoms with Crippen LogP contribution in [-0.4, -0.2) is 19.0 Å². The number of anilines is 1. The van der Waals surface area contributed by atoms with Crippen molar-refractivity contribution in [2.24, 2.45) is 5.92 Å². The zero-order chi connectivity index (χ0) is 13.9. The van der Waals surface area contributed by atoms with Gasteiger partial charge in [-0.15, -0.1) is 0 Å². The van der Waals surface area contributed by atoms with Crippen LogP contribution >= 0.6 is 0 Å². The molecule has 0 spiro atoms. The number of hydrogen-bond acceptors (Lipinski definition) is 3. The van der Waals surface area contributed by atoms with E-state index in [-0.39, 0.29) is 0 Å². The van der Waals surface area contributed by atoms with E-state index < -0.39 is 5.41 Å². The Hall–Kier alpha value is -1.35. The number of nitrogens with two attached hydrogens (primary N) is 1. The molecule has 1 fully saturated rings. The van der Waals surface area contributed by atoms with E-state index >= 15 is 0 Å². The van der Waals surface area contributed by atoms with Crippen LogP contribution in [0, 0.1) is 5.92 Å². The minimum Gasteiger partial charge on any atom is -0.399 e. The van der Waals surface area contributed by atoms with Crippen LogP contribution in [0.2, 0.25) is 0 Å². The zero-order valence-corrected chi connectivity index (χ0v) is 11.8. The molecule has 19 heavy (non-hydrogen) atoms. The summed E-state index contributed by atoms with van der Waals surface area (Å²) in [5.41, 5.74) is 7.03. The number of benzene rings is 1. The van der Waals surface area contributed by atoms with Crippen LogP contribution in [0.5, 0.6) is 0 Å². The van der Waals surface area contributed by atoms with Crippen molar-refractivity contribution in [3.63, 3.8) is 0 Å². The first-order valence-electron chi connectivity index (χ1n) is 6.97. The highest BCUT2D eigenvalue weighted by Gasteiger charge is 2.31. The maximum Gasteiger partial charge on any atom is 0.143 e. The Morgan fingerprint density at radius 2 is 1.84 bits per heavy atom. The quantitative estimate of drug-likeness (QED) is 0.848. The van der Waals surface area contributed by atoms with E-state index in [9.17, 15) is 4.79 Å². The number of ether oxygens (including phenoxy) is 1. The summed E-state index contributed by atoms with van der Waals surface area (Å²) in [5, 5.41) is 0. The van der Waals surface area contributed by atoms with E-state index in [1.54, 1.807) is 0 Å². The summed E-state index contributed by atoms with van der Waals surface area (Å²) in [7, 11) is 0. The largest absolute Gasteiger partial charge is 0.399 e. The minimum atomic E-state index is -0.438. The van der Waals surface area contributed by atoms with Gasteiger partial charge in [0.15, 0.2) is 0 Å². The van der Waals surface area contributed by atoms with Crippen LogP contribution in [0.4, 0.5) is 5.69 Å². The molecule has 104 valence electrons. The summed E-state index contributed by atoms with van der Waals surface area (Å²) in [4.78, 5) is 12.5. The maximum atomic E-state index is 12.5. The molecule has 1 saturated heterocycles. The van der Waals surface area contributed by atoms with E-state index in [2.05, 4.69) is 0 Å². The molecule has 0 bridgehead atoms. The van der Waals surface area contributed by atoms with Crippen molar-refractivity contribution in [1.82, 2.24) is 0 Å². The Morgan fingerprint density at radius 3 is 2.42 bits per heavy atom. The fourth-order valence-corrected chi connectivity index (χ4v) is 2.53. The first kappa shape index (κ1) is 14.1. The van der Waals surface area contributed by atoms with Crippen molar-refractivity contribution < 1.29 is 9.53 Å².